The number of carbonyl (C=O) groups is 1. The van der Waals surface area contributed by atoms with Crippen molar-refractivity contribution < 1.29 is 18.0 Å². The van der Waals surface area contributed by atoms with E-state index >= 15 is 0 Å². The quantitative estimate of drug-likeness (QED) is 0.284. The fourth-order valence-electron chi connectivity index (χ4n) is 4.72. The van der Waals surface area contributed by atoms with Gasteiger partial charge in [-0.25, -0.2) is 5.01 Å². The van der Waals surface area contributed by atoms with E-state index in [2.05, 4.69) is 15.6 Å². The third kappa shape index (κ3) is 7.01. The first-order valence-electron chi connectivity index (χ1n) is 12.3. The molecule has 39 heavy (non-hydrogen) atoms. The number of halogens is 5. The Labute approximate surface area is 234 Å². The van der Waals surface area contributed by atoms with Gasteiger partial charge in [-0.3, -0.25) is 4.79 Å². The summed E-state index contributed by atoms with van der Waals surface area (Å²) >= 11 is 12.4. The number of rotatable bonds is 6. The highest BCUT2D eigenvalue weighted by atomic mass is 35.5. The number of nitriles is 1. The van der Waals surface area contributed by atoms with E-state index in [1.807, 2.05) is 6.92 Å². The van der Waals surface area contributed by atoms with Crippen LogP contribution in [0.2, 0.25) is 10.0 Å². The van der Waals surface area contributed by atoms with Crippen LogP contribution in [-0.4, -0.2) is 65.4 Å². The SMILES string of the molecule is CCN(C(=O)[C@H]1CCCN1)[C@H]1CN(C(=NC#N)Nc2cccc(CC(F)(F)F)c2)N=C1c1ccc(Cl)c(Cl)c1. The Balaban J connectivity index is 1.68. The largest absolute Gasteiger partial charge is 0.393 e. The molecule has 206 valence electrons. The molecule has 0 bridgehead atoms. The van der Waals surface area contributed by atoms with Crippen LogP contribution in [0.3, 0.4) is 0 Å². The molecule has 1 saturated heterocycles. The Morgan fingerprint density at radius 1 is 1.28 bits per heavy atom. The predicted octanol–water partition coefficient (Wildman–Crippen LogP) is 5.04. The number of guanidine groups is 1. The van der Waals surface area contributed by atoms with Crippen LogP contribution in [0.5, 0.6) is 0 Å². The lowest BCUT2D eigenvalue weighted by molar-refractivity contribution is -0.134. The fraction of sp³-hybridized carbons (Fsp3) is 0.385. The summed E-state index contributed by atoms with van der Waals surface area (Å²) < 4.78 is 38.8. The van der Waals surface area contributed by atoms with E-state index in [0.717, 1.165) is 19.4 Å². The second-order valence-electron chi connectivity index (χ2n) is 9.14. The van der Waals surface area contributed by atoms with Gasteiger partial charge < -0.3 is 15.5 Å². The molecule has 0 unspecified atom stereocenters. The molecule has 2 N–H and O–H groups in total. The summed E-state index contributed by atoms with van der Waals surface area (Å²) in [7, 11) is 0. The van der Waals surface area contributed by atoms with E-state index in [1.54, 1.807) is 35.4 Å². The number of nitrogens with zero attached hydrogens (tertiary/aromatic N) is 5. The maximum Gasteiger partial charge on any atom is 0.393 e. The molecule has 4 rings (SSSR count). The average Bonchev–Trinajstić information content (AvgIpc) is 3.56. The van der Waals surface area contributed by atoms with Gasteiger partial charge >= 0.3 is 6.18 Å². The van der Waals surface area contributed by atoms with Crippen molar-refractivity contribution in [2.45, 2.75) is 44.4 Å². The van der Waals surface area contributed by atoms with E-state index in [1.165, 1.54) is 23.2 Å². The van der Waals surface area contributed by atoms with Crippen LogP contribution in [0, 0.1) is 11.5 Å². The van der Waals surface area contributed by atoms with Crippen molar-refractivity contribution in [1.82, 2.24) is 15.2 Å². The van der Waals surface area contributed by atoms with Crippen molar-refractivity contribution in [3.05, 3.63) is 63.6 Å². The number of aliphatic imine (C=N–C) groups is 1. The van der Waals surface area contributed by atoms with Crippen LogP contribution in [0.25, 0.3) is 0 Å². The Kier molecular flexibility index (Phi) is 9.00. The number of nitrogens with one attached hydrogen (secondary N) is 2. The van der Waals surface area contributed by atoms with Gasteiger partial charge in [0.1, 0.15) is 0 Å². The number of likely N-dealkylation sites (N-methyl/N-ethyl adjacent to an activating group) is 1. The maximum absolute atomic E-state index is 13.5. The summed E-state index contributed by atoms with van der Waals surface area (Å²) in [6.45, 7) is 3.18. The molecule has 0 radical (unpaired) electrons. The molecule has 8 nitrogen and oxygen atoms in total. The number of hydrogen-bond donors (Lipinski definition) is 2. The van der Waals surface area contributed by atoms with E-state index in [9.17, 15) is 23.2 Å². The molecule has 1 fully saturated rings. The lowest BCUT2D eigenvalue weighted by atomic mass is 10.0. The molecule has 0 aliphatic carbocycles. The second-order valence-corrected chi connectivity index (χ2v) is 9.95. The summed E-state index contributed by atoms with van der Waals surface area (Å²) in [4.78, 5) is 19.0. The summed E-state index contributed by atoms with van der Waals surface area (Å²) in [5.74, 6) is -0.0644. The number of hydrogen-bond acceptors (Lipinski definition) is 5. The molecule has 13 heteroatoms. The minimum atomic E-state index is -4.37. The van der Waals surface area contributed by atoms with Gasteiger partial charge in [0, 0.05) is 17.8 Å². The van der Waals surface area contributed by atoms with Crippen LogP contribution >= 0.6 is 23.2 Å². The van der Waals surface area contributed by atoms with Crippen LogP contribution in [-0.2, 0) is 11.2 Å². The molecule has 1 amide bonds. The van der Waals surface area contributed by atoms with Gasteiger partial charge in [0.05, 0.1) is 40.8 Å². The molecular formula is C26H26Cl2F3N7O. The van der Waals surface area contributed by atoms with Crippen molar-refractivity contribution in [1.29, 1.82) is 5.26 Å². The number of alkyl halides is 3. The van der Waals surface area contributed by atoms with Crippen molar-refractivity contribution in [3.63, 3.8) is 0 Å². The topological polar surface area (TPSA) is 96.1 Å². The number of carbonyl (C=O) groups excluding carboxylic acids is 1. The molecule has 2 aromatic rings. The van der Waals surface area contributed by atoms with Crippen LogP contribution < -0.4 is 10.6 Å². The van der Waals surface area contributed by atoms with Crippen molar-refractivity contribution in [3.8, 4) is 6.19 Å². The summed E-state index contributed by atoms with van der Waals surface area (Å²) in [6.07, 6.45) is -2.12. The smallest absolute Gasteiger partial charge is 0.331 e. The Hall–Kier alpha value is -3.33. The van der Waals surface area contributed by atoms with Crippen molar-refractivity contribution >= 4 is 46.5 Å². The highest BCUT2D eigenvalue weighted by Crippen LogP contribution is 2.28. The lowest BCUT2D eigenvalue weighted by Gasteiger charge is -2.31. The van der Waals surface area contributed by atoms with Gasteiger partial charge in [-0.05, 0) is 56.1 Å². The van der Waals surface area contributed by atoms with Gasteiger partial charge in [0.2, 0.25) is 18.1 Å². The van der Waals surface area contributed by atoms with Gasteiger partial charge in [-0.2, -0.15) is 23.5 Å². The number of hydrazone groups is 1. The van der Waals surface area contributed by atoms with Crippen molar-refractivity contribution in [2.75, 3.05) is 25.0 Å². The van der Waals surface area contributed by atoms with Gasteiger partial charge in [-0.1, -0.05) is 41.4 Å². The van der Waals surface area contributed by atoms with Crippen LogP contribution in [0.15, 0.2) is 52.6 Å². The van der Waals surface area contributed by atoms with Crippen molar-refractivity contribution in [2.24, 2.45) is 10.1 Å². The first-order valence-corrected chi connectivity index (χ1v) is 13.1. The van der Waals surface area contributed by atoms with E-state index < -0.39 is 18.6 Å². The first kappa shape index (κ1) is 28.7. The number of anilines is 1. The molecule has 2 heterocycles. The molecule has 2 aliphatic rings. The predicted molar refractivity (Wildman–Crippen MR) is 145 cm³/mol. The normalized spacial score (nSPS) is 19.6. The monoisotopic (exact) mass is 579 g/mol. The highest BCUT2D eigenvalue weighted by molar-refractivity contribution is 6.42. The summed E-state index contributed by atoms with van der Waals surface area (Å²) in [5, 5.41) is 22.3. The highest BCUT2D eigenvalue weighted by Gasteiger charge is 2.39. The zero-order valence-electron chi connectivity index (χ0n) is 21.0. The summed E-state index contributed by atoms with van der Waals surface area (Å²) in [6, 6.07) is 9.95. The molecular weight excluding hydrogens is 554 g/mol. The Bertz CT molecular complexity index is 1320. The van der Waals surface area contributed by atoms with E-state index in [0.29, 0.717) is 33.6 Å². The zero-order chi connectivity index (χ0) is 28.2. The van der Waals surface area contributed by atoms with Crippen LogP contribution in [0.1, 0.15) is 30.9 Å². The van der Waals surface area contributed by atoms with E-state index in [4.69, 9.17) is 28.3 Å². The standard InChI is InChI=1S/C26H26Cl2F3N7O/c1-2-37(24(39)21-7-4-10-33-21)22-14-38(36-23(22)17-8-9-19(27)20(28)12-17)25(34-15-32)35-18-6-3-5-16(11-18)13-26(29,30)31/h3,5-6,8-9,11-12,21-22,33H,2,4,7,10,13-14H2,1H3,(H,34,35)/t21-,22+/m1/s1. The first-order chi connectivity index (χ1) is 18.6. The molecule has 2 aromatic carbocycles. The van der Waals surface area contributed by atoms with Gasteiger partial charge in [-0.15, -0.1) is 4.99 Å². The molecule has 0 aromatic heterocycles. The molecule has 0 spiro atoms. The maximum atomic E-state index is 13.5. The third-order valence-electron chi connectivity index (χ3n) is 6.45. The van der Waals surface area contributed by atoms with E-state index in [-0.39, 0.29) is 30.0 Å². The average molecular weight is 580 g/mol. The molecule has 2 aliphatic heterocycles. The van der Waals surface area contributed by atoms with Gasteiger partial charge in [0.25, 0.3) is 0 Å². The Morgan fingerprint density at radius 3 is 2.72 bits per heavy atom. The second kappa shape index (κ2) is 12.2. The fourth-order valence-corrected chi connectivity index (χ4v) is 5.01. The molecule has 0 saturated carbocycles. The summed E-state index contributed by atoms with van der Waals surface area (Å²) in [5.41, 5.74) is 1.50. The Morgan fingerprint density at radius 2 is 2.08 bits per heavy atom. The lowest BCUT2D eigenvalue weighted by Crippen LogP contribution is -2.52. The van der Waals surface area contributed by atoms with Crippen LogP contribution in [0.4, 0.5) is 18.9 Å². The number of benzene rings is 2. The third-order valence-corrected chi connectivity index (χ3v) is 7.19. The zero-order valence-corrected chi connectivity index (χ0v) is 22.5. The molecule has 2 atom stereocenters. The minimum Gasteiger partial charge on any atom is -0.331 e. The minimum absolute atomic E-state index is 0.00390. The number of amides is 1. The van der Waals surface area contributed by atoms with Gasteiger partial charge in [0.15, 0.2) is 0 Å².